The second kappa shape index (κ2) is 6.96. The first kappa shape index (κ1) is 16.9. The van der Waals surface area contributed by atoms with Crippen LogP contribution >= 0.6 is 0 Å². The van der Waals surface area contributed by atoms with Gasteiger partial charge in [0.2, 0.25) is 0 Å². The maximum Gasteiger partial charge on any atom is 0.118 e. The topological polar surface area (TPSA) is 28.6 Å². The highest BCUT2D eigenvalue weighted by Crippen LogP contribution is 2.45. The van der Waals surface area contributed by atoms with Gasteiger partial charge >= 0.3 is 0 Å². The molecule has 4 nitrogen and oxygen atoms in total. The number of rotatable bonds is 7. The summed E-state index contributed by atoms with van der Waals surface area (Å²) in [7, 11) is 5.95. The molecular formula is C22H25N3O. The van der Waals surface area contributed by atoms with Gasteiger partial charge in [0.05, 0.1) is 7.11 Å². The average Bonchev–Trinajstić information content (AvgIpc) is 3.38. The molecule has 2 heterocycles. The summed E-state index contributed by atoms with van der Waals surface area (Å²) >= 11 is 0. The van der Waals surface area contributed by atoms with E-state index in [1.54, 1.807) is 7.11 Å². The molecule has 134 valence electrons. The fourth-order valence-corrected chi connectivity index (χ4v) is 3.54. The van der Waals surface area contributed by atoms with Crippen molar-refractivity contribution in [2.45, 2.75) is 6.42 Å². The molecular weight excluding hydrogens is 322 g/mol. The number of hydrogen-bond donors (Lipinski definition) is 0. The Hall–Kier alpha value is -2.59. The van der Waals surface area contributed by atoms with E-state index in [-0.39, 0.29) is 0 Å². The number of methoxy groups -OCH3 is 1. The second-order valence-electron chi connectivity index (χ2n) is 7.19. The van der Waals surface area contributed by atoms with Crippen molar-refractivity contribution in [1.29, 1.82) is 0 Å². The third-order valence-electron chi connectivity index (χ3n) is 5.03. The summed E-state index contributed by atoms with van der Waals surface area (Å²) < 4.78 is 5.25. The average molecular weight is 347 g/mol. The Morgan fingerprint density at radius 1 is 1.08 bits per heavy atom. The first-order valence-electron chi connectivity index (χ1n) is 9.10. The summed E-state index contributed by atoms with van der Waals surface area (Å²) in [5, 5.41) is 0. The van der Waals surface area contributed by atoms with Crippen molar-refractivity contribution in [3.8, 4) is 16.9 Å². The summed E-state index contributed by atoms with van der Waals surface area (Å²) in [6.45, 7) is 3.24. The van der Waals surface area contributed by atoms with E-state index in [0.29, 0.717) is 0 Å². The van der Waals surface area contributed by atoms with Crippen molar-refractivity contribution in [2.24, 2.45) is 0 Å². The molecule has 0 fully saturated rings. The summed E-state index contributed by atoms with van der Waals surface area (Å²) in [4.78, 5) is 9.24. The van der Waals surface area contributed by atoms with Crippen LogP contribution in [0, 0.1) is 0 Å². The van der Waals surface area contributed by atoms with Gasteiger partial charge in [0.1, 0.15) is 5.75 Å². The minimum Gasteiger partial charge on any atom is -0.497 e. The quantitative estimate of drug-likeness (QED) is 0.764. The van der Waals surface area contributed by atoms with Gasteiger partial charge in [0.15, 0.2) is 0 Å². The Labute approximate surface area is 155 Å². The smallest absolute Gasteiger partial charge is 0.118 e. The summed E-state index contributed by atoms with van der Waals surface area (Å²) in [6, 6.07) is 10.4. The molecule has 4 rings (SSSR count). The molecule has 0 atom stereocenters. The van der Waals surface area contributed by atoms with E-state index in [4.69, 9.17) is 4.74 Å². The molecule has 1 aromatic carbocycles. The van der Waals surface area contributed by atoms with E-state index in [9.17, 15) is 0 Å². The van der Waals surface area contributed by atoms with Gasteiger partial charge in [-0.25, -0.2) is 0 Å². The lowest BCUT2D eigenvalue weighted by atomic mass is 10.0. The summed E-state index contributed by atoms with van der Waals surface area (Å²) in [5.74, 6) is 0.874. The lowest BCUT2D eigenvalue weighted by molar-refractivity contribution is 0.344. The molecule has 0 N–H and O–H groups in total. The first-order valence-corrected chi connectivity index (χ1v) is 9.10. The van der Waals surface area contributed by atoms with E-state index < -0.39 is 0 Å². The zero-order valence-corrected chi connectivity index (χ0v) is 15.7. The lowest BCUT2D eigenvalue weighted by Gasteiger charge is -2.20. The standard InChI is InChI=1S/C22H25N3O/c1-24(2)9-4-10-25-15-21(20-12-22(20)25)18-11-17(13-23-14-18)16-5-7-19(26-3)8-6-16/h5-8,11-14H,4,9-10,15H2,1-3H3. The van der Waals surface area contributed by atoms with Crippen LogP contribution in [0.4, 0.5) is 0 Å². The van der Waals surface area contributed by atoms with Crippen LogP contribution in [0.3, 0.4) is 0 Å². The Bertz CT molecular complexity index is 865. The minimum atomic E-state index is 0.874. The van der Waals surface area contributed by atoms with Gasteiger partial charge in [-0.2, -0.15) is 0 Å². The molecule has 0 spiro atoms. The van der Waals surface area contributed by atoms with Crippen LogP contribution in [-0.4, -0.2) is 55.6 Å². The van der Waals surface area contributed by atoms with Crippen molar-refractivity contribution in [1.82, 2.24) is 14.8 Å². The highest BCUT2D eigenvalue weighted by atomic mass is 16.5. The lowest BCUT2D eigenvalue weighted by Crippen LogP contribution is -2.23. The molecule has 2 aliphatic rings. The van der Waals surface area contributed by atoms with E-state index in [1.165, 1.54) is 28.8 Å². The van der Waals surface area contributed by atoms with Gasteiger partial charge in [0, 0.05) is 42.3 Å². The molecule has 0 unspecified atom stereocenters. The maximum atomic E-state index is 5.25. The molecule has 4 heteroatoms. The molecule has 1 aliphatic heterocycles. The van der Waals surface area contributed by atoms with Crippen LogP contribution in [0.5, 0.6) is 5.75 Å². The van der Waals surface area contributed by atoms with Crippen molar-refractivity contribution >= 4 is 5.57 Å². The van der Waals surface area contributed by atoms with Gasteiger partial charge in [0.25, 0.3) is 0 Å². The molecule has 2 aromatic rings. The zero-order valence-electron chi connectivity index (χ0n) is 15.7. The fourth-order valence-electron chi connectivity index (χ4n) is 3.54. The Balaban J connectivity index is 1.49. The number of pyridine rings is 1. The van der Waals surface area contributed by atoms with Gasteiger partial charge in [-0.15, -0.1) is 0 Å². The van der Waals surface area contributed by atoms with Gasteiger partial charge in [-0.1, -0.05) is 12.1 Å². The normalized spacial score (nSPS) is 15.4. The van der Waals surface area contributed by atoms with E-state index in [1.807, 2.05) is 24.5 Å². The third-order valence-corrected chi connectivity index (χ3v) is 5.03. The van der Waals surface area contributed by atoms with Gasteiger partial charge in [-0.05, 0) is 68.0 Å². The largest absolute Gasteiger partial charge is 0.497 e. The number of hydrogen-bond acceptors (Lipinski definition) is 4. The van der Waals surface area contributed by atoms with Crippen molar-refractivity contribution in [3.63, 3.8) is 0 Å². The summed E-state index contributed by atoms with van der Waals surface area (Å²) in [5.41, 5.74) is 7.79. The third kappa shape index (κ3) is 3.37. The number of aromatic nitrogens is 1. The minimum absolute atomic E-state index is 0.874. The Morgan fingerprint density at radius 2 is 1.85 bits per heavy atom. The van der Waals surface area contributed by atoms with Crippen molar-refractivity contribution in [2.75, 3.05) is 40.8 Å². The molecule has 0 amide bonds. The second-order valence-corrected chi connectivity index (χ2v) is 7.19. The monoisotopic (exact) mass is 347 g/mol. The van der Waals surface area contributed by atoms with Crippen molar-refractivity contribution < 1.29 is 4.74 Å². The van der Waals surface area contributed by atoms with E-state index >= 15 is 0 Å². The molecule has 0 saturated carbocycles. The van der Waals surface area contributed by atoms with Crippen LogP contribution in [0.2, 0.25) is 0 Å². The van der Waals surface area contributed by atoms with E-state index in [0.717, 1.165) is 36.5 Å². The van der Waals surface area contributed by atoms with Gasteiger partial charge in [-0.3, -0.25) is 4.98 Å². The zero-order chi connectivity index (χ0) is 18.1. The maximum absolute atomic E-state index is 5.25. The molecule has 1 aromatic heterocycles. The SMILES string of the molecule is COc1ccc(-c2cncc(C3=C4C=C4N(CCCN(C)C)C3)c2)cc1. The molecule has 0 bridgehead atoms. The highest BCUT2D eigenvalue weighted by molar-refractivity contribution is 5.87. The predicted octanol–water partition coefficient (Wildman–Crippen LogP) is 3.68. The van der Waals surface area contributed by atoms with Crippen LogP contribution < -0.4 is 4.74 Å². The van der Waals surface area contributed by atoms with Crippen LogP contribution in [0.15, 0.2) is 60.1 Å². The number of allylic oxidation sites excluding steroid dienone is 2. The Morgan fingerprint density at radius 3 is 2.58 bits per heavy atom. The fraction of sp³-hybridized carbons (Fsp3) is 0.318. The Kier molecular flexibility index (Phi) is 4.51. The molecule has 1 aliphatic carbocycles. The van der Waals surface area contributed by atoms with Crippen LogP contribution in [-0.2, 0) is 0 Å². The van der Waals surface area contributed by atoms with Crippen LogP contribution in [0.25, 0.3) is 16.7 Å². The number of fused-ring (bicyclic) bond motifs is 1. The summed E-state index contributed by atoms with van der Waals surface area (Å²) in [6.07, 6.45) is 7.41. The number of nitrogens with zero attached hydrogens (tertiary/aromatic N) is 3. The number of ether oxygens (including phenoxy) is 1. The van der Waals surface area contributed by atoms with Crippen LogP contribution in [0.1, 0.15) is 12.0 Å². The molecule has 0 saturated heterocycles. The highest BCUT2D eigenvalue weighted by Gasteiger charge is 2.34. The molecule has 26 heavy (non-hydrogen) atoms. The number of benzene rings is 1. The van der Waals surface area contributed by atoms with E-state index in [2.05, 4.69) is 53.2 Å². The predicted molar refractivity (Wildman–Crippen MR) is 106 cm³/mol. The molecule has 0 radical (unpaired) electrons. The first-order chi connectivity index (χ1) is 12.7. The van der Waals surface area contributed by atoms with Gasteiger partial charge < -0.3 is 14.5 Å². The van der Waals surface area contributed by atoms with Crippen molar-refractivity contribution in [3.05, 3.63) is 65.6 Å².